The van der Waals surface area contributed by atoms with Crippen LogP contribution in [0.15, 0.2) is 46.8 Å². The number of anilines is 1. The Morgan fingerprint density at radius 3 is 2.82 bits per heavy atom. The molecule has 0 radical (unpaired) electrons. The fourth-order valence-corrected chi connectivity index (χ4v) is 2.98. The molecule has 1 atom stereocenters. The standard InChI is InChI=1S/C16H22N4OS/c1-20(2)14(15-8-5-9-22-15)11-18-16(17)19-12-6-4-7-13(10-12)21-3/h4-10,14H,11H2,1-3H3,(H3,17,18,19). The van der Waals surface area contributed by atoms with E-state index in [9.17, 15) is 0 Å². The average molecular weight is 318 g/mol. The second-order valence-corrected chi connectivity index (χ2v) is 6.06. The highest BCUT2D eigenvalue weighted by atomic mass is 32.1. The maximum atomic E-state index is 5.98. The van der Waals surface area contributed by atoms with E-state index in [2.05, 4.69) is 32.7 Å². The van der Waals surface area contributed by atoms with Gasteiger partial charge in [0, 0.05) is 16.6 Å². The van der Waals surface area contributed by atoms with Gasteiger partial charge in [-0.15, -0.1) is 11.3 Å². The molecule has 1 aromatic carbocycles. The minimum atomic E-state index is 0.227. The van der Waals surface area contributed by atoms with E-state index in [0.29, 0.717) is 12.5 Å². The van der Waals surface area contributed by atoms with Crippen molar-refractivity contribution in [3.63, 3.8) is 0 Å². The second-order valence-electron chi connectivity index (χ2n) is 5.08. The van der Waals surface area contributed by atoms with Crippen molar-refractivity contribution in [3.8, 4) is 5.75 Å². The van der Waals surface area contributed by atoms with Crippen LogP contribution >= 0.6 is 11.3 Å². The van der Waals surface area contributed by atoms with Gasteiger partial charge in [-0.25, -0.2) is 0 Å². The van der Waals surface area contributed by atoms with Crippen molar-refractivity contribution in [2.45, 2.75) is 6.04 Å². The topological polar surface area (TPSA) is 62.9 Å². The number of ether oxygens (including phenoxy) is 1. The molecule has 2 rings (SSSR count). The summed E-state index contributed by atoms with van der Waals surface area (Å²) in [4.78, 5) is 7.89. The number of likely N-dealkylation sites (N-methyl/N-ethyl adjacent to an activating group) is 1. The number of benzene rings is 1. The average Bonchev–Trinajstić information content (AvgIpc) is 3.01. The summed E-state index contributed by atoms with van der Waals surface area (Å²) in [5, 5.41) is 5.17. The molecular formula is C16H22N4OS. The van der Waals surface area contributed by atoms with Gasteiger partial charge in [0.05, 0.1) is 19.7 Å². The highest BCUT2D eigenvalue weighted by molar-refractivity contribution is 7.10. The number of hydrogen-bond acceptors (Lipinski definition) is 4. The van der Waals surface area contributed by atoms with Crippen LogP contribution in [0.2, 0.25) is 0 Å². The summed E-state index contributed by atoms with van der Waals surface area (Å²) in [5.74, 6) is 1.18. The first kappa shape index (κ1) is 16.3. The number of nitrogens with two attached hydrogens (primary N) is 1. The minimum absolute atomic E-state index is 0.227. The molecule has 1 heterocycles. The van der Waals surface area contributed by atoms with Crippen LogP contribution in [0, 0.1) is 0 Å². The Morgan fingerprint density at radius 1 is 1.36 bits per heavy atom. The first-order valence-electron chi connectivity index (χ1n) is 7.01. The fraction of sp³-hybridized carbons (Fsp3) is 0.312. The molecule has 0 aliphatic carbocycles. The van der Waals surface area contributed by atoms with Crippen molar-refractivity contribution < 1.29 is 4.74 Å². The highest BCUT2D eigenvalue weighted by Crippen LogP contribution is 2.23. The molecule has 0 spiro atoms. The predicted molar refractivity (Wildman–Crippen MR) is 93.9 cm³/mol. The summed E-state index contributed by atoms with van der Waals surface area (Å²) in [6.07, 6.45) is 0. The number of guanidine groups is 1. The molecule has 6 heteroatoms. The Kier molecular flexibility index (Phi) is 5.80. The summed E-state index contributed by atoms with van der Waals surface area (Å²) < 4.78 is 5.19. The fourth-order valence-electron chi connectivity index (χ4n) is 2.06. The van der Waals surface area contributed by atoms with E-state index in [1.54, 1.807) is 18.4 Å². The van der Waals surface area contributed by atoms with Crippen molar-refractivity contribution >= 4 is 23.0 Å². The first-order valence-corrected chi connectivity index (χ1v) is 7.89. The van der Waals surface area contributed by atoms with E-state index < -0.39 is 0 Å². The number of rotatable bonds is 6. The van der Waals surface area contributed by atoms with Gasteiger partial charge in [-0.05, 0) is 37.7 Å². The molecule has 1 unspecified atom stereocenters. The Hall–Kier alpha value is -2.05. The minimum Gasteiger partial charge on any atom is -0.497 e. The van der Waals surface area contributed by atoms with Gasteiger partial charge in [0.2, 0.25) is 0 Å². The van der Waals surface area contributed by atoms with Crippen LogP contribution in [0.4, 0.5) is 5.69 Å². The molecule has 0 amide bonds. The lowest BCUT2D eigenvalue weighted by Gasteiger charge is -2.21. The van der Waals surface area contributed by atoms with Gasteiger partial charge >= 0.3 is 0 Å². The van der Waals surface area contributed by atoms with E-state index in [1.165, 1.54) is 4.88 Å². The molecule has 0 bridgehead atoms. The van der Waals surface area contributed by atoms with E-state index in [4.69, 9.17) is 10.5 Å². The zero-order valence-electron chi connectivity index (χ0n) is 13.1. The van der Waals surface area contributed by atoms with Gasteiger partial charge < -0.3 is 20.7 Å². The van der Waals surface area contributed by atoms with Crippen LogP contribution < -0.4 is 15.8 Å². The van der Waals surface area contributed by atoms with Crippen LogP contribution in [0.5, 0.6) is 5.75 Å². The third-order valence-electron chi connectivity index (χ3n) is 3.27. The Bertz CT molecular complexity index is 610. The summed E-state index contributed by atoms with van der Waals surface area (Å²) >= 11 is 1.73. The van der Waals surface area contributed by atoms with Crippen LogP contribution in [-0.4, -0.2) is 38.6 Å². The van der Waals surface area contributed by atoms with Crippen molar-refractivity contribution in [2.75, 3.05) is 33.1 Å². The Balaban J connectivity index is 2.01. The first-order chi connectivity index (χ1) is 10.6. The van der Waals surface area contributed by atoms with Gasteiger partial charge in [0.25, 0.3) is 0 Å². The number of hydrogen-bond donors (Lipinski definition) is 2. The lowest BCUT2D eigenvalue weighted by molar-refractivity contribution is 0.311. The highest BCUT2D eigenvalue weighted by Gasteiger charge is 2.14. The molecule has 0 fully saturated rings. The van der Waals surface area contributed by atoms with E-state index in [1.807, 2.05) is 38.4 Å². The van der Waals surface area contributed by atoms with Gasteiger partial charge in [-0.3, -0.25) is 4.99 Å². The third-order valence-corrected chi connectivity index (χ3v) is 4.25. The lowest BCUT2D eigenvalue weighted by Crippen LogP contribution is -2.26. The second kappa shape index (κ2) is 7.82. The molecule has 0 saturated heterocycles. The van der Waals surface area contributed by atoms with Gasteiger partial charge in [0.15, 0.2) is 5.96 Å². The third kappa shape index (κ3) is 4.47. The molecule has 0 aliphatic heterocycles. The maximum Gasteiger partial charge on any atom is 0.193 e. The summed E-state index contributed by atoms with van der Waals surface area (Å²) in [5.41, 5.74) is 6.84. The molecule has 0 aliphatic rings. The molecule has 3 N–H and O–H groups in total. The van der Waals surface area contributed by atoms with E-state index >= 15 is 0 Å². The summed E-state index contributed by atoms with van der Waals surface area (Å²) in [6.45, 7) is 0.607. The number of aliphatic imine (C=N–C) groups is 1. The van der Waals surface area contributed by atoms with Crippen LogP contribution in [0.3, 0.4) is 0 Å². The van der Waals surface area contributed by atoms with E-state index in [-0.39, 0.29) is 6.04 Å². The van der Waals surface area contributed by atoms with Crippen molar-refractivity contribution in [2.24, 2.45) is 10.7 Å². The number of thiophene rings is 1. The van der Waals surface area contributed by atoms with Crippen molar-refractivity contribution in [3.05, 3.63) is 46.7 Å². The van der Waals surface area contributed by atoms with Crippen molar-refractivity contribution in [1.29, 1.82) is 0 Å². The number of nitrogens with zero attached hydrogens (tertiary/aromatic N) is 2. The zero-order chi connectivity index (χ0) is 15.9. The molecule has 0 saturated carbocycles. The molecule has 5 nitrogen and oxygen atoms in total. The largest absolute Gasteiger partial charge is 0.497 e. The van der Waals surface area contributed by atoms with Crippen LogP contribution in [0.25, 0.3) is 0 Å². The summed E-state index contributed by atoms with van der Waals surface area (Å²) in [7, 11) is 5.73. The van der Waals surface area contributed by atoms with Crippen LogP contribution in [0.1, 0.15) is 10.9 Å². The van der Waals surface area contributed by atoms with Crippen LogP contribution in [-0.2, 0) is 0 Å². The van der Waals surface area contributed by atoms with E-state index in [0.717, 1.165) is 11.4 Å². The quantitative estimate of drug-likeness (QED) is 0.635. The number of nitrogens with one attached hydrogen (secondary N) is 1. The molecule has 1 aromatic heterocycles. The maximum absolute atomic E-state index is 5.98. The van der Waals surface area contributed by atoms with Gasteiger partial charge in [-0.1, -0.05) is 12.1 Å². The van der Waals surface area contributed by atoms with Crippen molar-refractivity contribution in [1.82, 2.24) is 4.90 Å². The molecular weight excluding hydrogens is 296 g/mol. The SMILES string of the molecule is COc1cccc(NC(N)=NCC(c2cccs2)N(C)C)c1. The predicted octanol–water partition coefficient (Wildman–Crippen LogP) is 2.79. The molecule has 22 heavy (non-hydrogen) atoms. The summed E-state index contributed by atoms with van der Waals surface area (Å²) in [6, 6.07) is 12.0. The molecule has 118 valence electrons. The Labute approximate surface area is 135 Å². The molecule has 2 aromatic rings. The zero-order valence-corrected chi connectivity index (χ0v) is 13.9. The van der Waals surface area contributed by atoms with Gasteiger partial charge in [0.1, 0.15) is 5.75 Å². The Morgan fingerprint density at radius 2 is 2.18 bits per heavy atom. The lowest BCUT2D eigenvalue weighted by atomic mass is 10.2. The number of methoxy groups -OCH3 is 1. The smallest absolute Gasteiger partial charge is 0.193 e. The normalized spacial score (nSPS) is 13.2. The van der Waals surface area contributed by atoms with Gasteiger partial charge in [-0.2, -0.15) is 0 Å². The monoisotopic (exact) mass is 318 g/mol.